The minimum absolute atomic E-state index is 0.542. The van der Waals surface area contributed by atoms with Gasteiger partial charge in [-0.3, -0.25) is 9.67 Å². The van der Waals surface area contributed by atoms with Crippen molar-refractivity contribution in [2.24, 2.45) is 7.05 Å². The quantitative estimate of drug-likeness (QED) is 0.539. The normalized spacial score (nSPS) is 10.5. The van der Waals surface area contributed by atoms with Gasteiger partial charge in [-0.15, -0.1) is 0 Å². The number of fused-ring (bicyclic) bond motifs is 1. The molecule has 4 aromatic rings. The number of nitrogens with two attached hydrogens (primary N) is 1. The summed E-state index contributed by atoms with van der Waals surface area (Å²) >= 11 is 0. The first kappa shape index (κ1) is 15.8. The lowest BCUT2D eigenvalue weighted by atomic mass is 10.1. The van der Waals surface area contributed by atoms with Crippen molar-refractivity contribution in [2.75, 3.05) is 5.73 Å². The third-order valence-electron chi connectivity index (χ3n) is 4.02. The van der Waals surface area contributed by atoms with Gasteiger partial charge in [0.15, 0.2) is 0 Å². The second kappa shape index (κ2) is 6.30. The molecule has 2 N–H and O–H groups in total. The lowest BCUT2D eigenvalue weighted by molar-refractivity contribution is 0.770. The number of nitrogen functional groups attached to an aromatic ring is 1. The van der Waals surface area contributed by atoms with Gasteiger partial charge in [0.05, 0.1) is 16.9 Å². The van der Waals surface area contributed by atoms with Gasteiger partial charge in [0.2, 0.25) is 0 Å². The third-order valence-corrected chi connectivity index (χ3v) is 4.02. The monoisotopic (exact) mass is 340 g/mol. The van der Waals surface area contributed by atoms with Gasteiger partial charge >= 0.3 is 0 Å². The molecule has 126 valence electrons. The van der Waals surface area contributed by atoms with Crippen molar-refractivity contribution in [1.82, 2.24) is 24.7 Å². The number of hydrogen-bond donors (Lipinski definition) is 1. The van der Waals surface area contributed by atoms with E-state index in [2.05, 4.69) is 31.9 Å². The highest BCUT2D eigenvalue weighted by Crippen LogP contribution is 2.23. The molecule has 0 aromatic carbocycles. The van der Waals surface area contributed by atoms with Crippen molar-refractivity contribution in [2.45, 2.75) is 6.92 Å². The Labute approximate surface area is 150 Å². The van der Waals surface area contributed by atoms with E-state index in [4.69, 9.17) is 5.73 Å². The van der Waals surface area contributed by atoms with Crippen LogP contribution in [0.1, 0.15) is 16.8 Å². The van der Waals surface area contributed by atoms with E-state index in [1.807, 2.05) is 44.4 Å². The molecule has 4 aromatic heterocycles. The molecule has 4 rings (SSSR count). The molecule has 0 radical (unpaired) electrons. The van der Waals surface area contributed by atoms with Crippen molar-refractivity contribution in [3.05, 3.63) is 65.7 Å². The van der Waals surface area contributed by atoms with E-state index >= 15 is 0 Å². The molecule has 6 heteroatoms. The van der Waals surface area contributed by atoms with Crippen LogP contribution in [-0.4, -0.2) is 24.7 Å². The van der Waals surface area contributed by atoms with E-state index in [9.17, 15) is 0 Å². The maximum Gasteiger partial charge on any atom is 0.116 e. The summed E-state index contributed by atoms with van der Waals surface area (Å²) in [5, 5.41) is 4.37. The second-order valence-electron chi connectivity index (χ2n) is 5.98. The minimum atomic E-state index is 0.542. The Morgan fingerprint density at radius 2 is 1.92 bits per heavy atom. The molecular formula is C20H16N6. The molecular weight excluding hydrogens is 324 g/mol. The van der Waals surface area contributed by atoms with Crippen LogP contribution in [-0.2, 0) is 7.05 Å². The zero-order valence-electron chi connectivity index (χ0n) is 14.4. The fourth-order valence-corrected chi connectivity index (χ4v) is 2.62. The Morgan fingerprint density at radius 3 is 2.69 bits per heavy atom. The molecule has 0 aliphatic carbocycles. The number of anilines is 1. The lowest BCUT2D eigenvalue weighted by Crippen LogP contribution is -1.97. The SMILES string of the molecule is Cc1ccncc1C#Cc1cc(N)c2nc(-c3ccn(C)n3)ccc2n1. The van der Waals surface area contributed by atoms with Gasteiger partial charge in [-0.05, 0) is 48.7 Å². The topological polar surface area (TPSA) is 82.5 Å². The molecule has 26 heavy (non-hydrogen) atoms. The molecule has 0 bridgehead atoms. The van der Waals surface area contributed by atoms with Crippen LogP contribution in [0, 0.1) is 18.8 Å². The molecule has 0 spiro atoms. The summed E-state index contributed by atoms with van der Waals surface area (Å²) in [4.78, 5) is 13.3. The number of hydrogen-bond acceptors (Lipinski definition) is 5. The van der Waals surface area contributed by atoms with Crippen LogP contribution >= 0.6 is 0 Å². The summed E-state index contributed by atoms with van der Waals surface area (Å²) < 4.78 is 1.74. The highest BCUT2D eigenvalue weighted by Gasteiger charge is 2.08. The zero-order chi connectivity index (χ0) is 18.1. The summed E-state index contributed by atoms with van der Waals surface area (Å²) in [6.45, 7) is 2.00. The van der Waals surface area contributed by atoms with E-state index in [0.717, 1.165) is 22.5 Å². The molecule has 0 unspecified atom stereocenters. The summed E-state index contributed by atoms with van der Waals surface area (Å²) in [5.74, 6) is 6.16. The van der Waals surface area contributed by atoms with Crippen LogP contribution in [0.25, 0.3) is 22.4 Å². The summed E-state index contributed by atoms with van der Waals surface area (Å²) in [7, 11) is 1.87. The molecule has 0 atom stereocenters. The maximum atomic E-state index is 6.20. The molecule has 0 fully saturated rings. The summed E-state index contributed by atoms with van der Waals surface area (Å²) in [5.41, 5.74) is 12.2. The maximum absolute atomic E-state index is 6.20. The average molecular weight is 340 g/mol. The molecule has 0 amide bonds. The van der Waals surface area contributed by atoms with E-state index in [1.165, 1.54) is 0 Å². The summed E-state index contributed by atoms with van der Waals surface area (Å²) in [6.07, 6.45) is 5.37. The molecule has 0 saturated carbocycles. The van der Waals surface area contributed by atoms with Crippen molar-refractivity contribution in [3.63, 3.8) is 0 Å². The molecule has 4 heterocycles. The van der Waals surface area contributed by atoms with Gasteiger partial charge in [0.25, 0.3) is 0 Å². The number of aryl methyl sites for hydroxylation is 2. The van der Waals surface area contributed by atoms with Gasteiger partial charge < -0.3 is 5.73 Å². The zero-order valence-corrected chi connectivity index (χ0v) is 14.4. The average Bonchev–Trinajstić information content (AvgIpc) is 3.07. The second-order valence-corrected chi connectivity index (χ2v) is 5.98. The van der Waals surface area contributed by atoms with E-state index in [1.54, 1.807) is 23.1 Å². The van der Waals surface area contributed by atoms with Crippen molar-refractivity contribution in [1.29, 1.82) is 0 Å². The van der Waals surface area contributed by atoms with E-state index < -0.39 is 0 Å². The first-order valence-corrected chi connectivity index (χ1v) is 8.10. The minimum Gasteiger partial charge on any atom is -0.397 e. The largest absolute Gasteiger partial charge is 0.397 e. The Bertz CT molecular complexity index is 1180. The Hall–Kier alpha value is -3.72. The van der Waals surface area contributed by atoms with Crippen LogP contribution in [0.5, 0.6) is 0 Å². The highest BCUT2D eigenvalue weighted by atomic mass is 15.2. The smallest absolute Gasteiger partial charge is 0.116 e. The first-order chi connectivity index (χ1) is 12.6. The number of rotatable bonds is 1. The van der Waals surface area contributed by atoms with Crippen LogP contribution < -0.4 is 5.73 Å². The van der Waals surface area contributed by atoms with Gasteiger partial charge in [-0.1, -0.05) is 5.92 Å². The predicted octanol–water partition coefficient (Wildman–Crippen LogP) is 2.72. The third kappa shape index (κ3) is 2.98. The highest BCUT2D eigenvalue weighted by molar-refractivity contribution is 5.88. The molecule has 6 nitrogen and oxygen atoms in total. The number of pyridine rings is 3. The fourth-order valence-electron chi connectivity index (χ4n) is 2.62. The first-order valence-electron chi connectivity index (χ1n) is 8.10. The van der Waals surface area contributed by atoms with Crippen LogP contribution in [0.3, 0.4) is 0 Å². The predicted molar refractivity (Wildman–Crippen MR) is 101 cm³/mol. The molecule has 0 saturated heterocycles. The Morgan fingerprint density at radius 1 is 1.04 bits per heavy atom. The van der Waals surface area contributed by atoms with Crippen molar-refractivity contribution in [3.8, 4) is 23.2 Å². The van der Waals surface area contributed by atoms with Crippen molar-refractivity contribution < 1.29 is 0 Å². The standard InChI is InChI=1S/C20H16N6/c1-13-7-9-22-12-14(13)3-4-15-11-16(21)20-19(23-15)6-5-17(24-20)18-8-10-26(2)25-18/h5-12H,1-2H3,(H2,21,23). The van der Waals surface area contributed by atoms with Gasteiger partial charge in [-0.2, -0.15) is 5.10 Å². The van der Waals surface area contributed by atoms with Crippen LogP contribution in [0.15, 0.2) is 48.9 Å². The number of nitrogens with zero attached hydrogens (tertiary/aromatic N) is 5. The molecule has 0 aliphatic rings. The van der Waals surface area contributed by atoms with Gasteiger partial charge in [0.1, 0.15) is 16.9 Å². The van der Waals surface area contributed by atoms with Crippen LogP contribution in [0.4, 0.5) is 5.69 Å². The molecule has 0 aliphatic heterocycles. The van der Waals surface area contributed by atoms with Gasteiger partial charge in [0, 0.05) is 31.2 Å². The Balaban J connectivity index is 1.75. The van der Waals surface area contributed by atoms with Crippen molar-refractivity contribution >= 4 is 16.7 Å². The number of aromatic nitrogens is 5. The lowest BCUT2D eigenvalue weighted by Gasteiger charge is -2.04. The van der Waals surface area contributed by atoms with E-state index in [-0.39, 0.29) is 0 Å². The Kier molecular flexibility index (Phi) is 3.82. The summed E-state index contributed by atoms with van der Waals surface area (Å²) in [6, 6.07) is 9.36. The van der Waals surface area contributed by atoms with E-state index in [0.29, 0.717) is 22.4 Å². The van der Waals surface area contributed by atoms with Crippen LogP contribution in [0.2, 0.25) is 0 Å². The van der Waals surface area contributed by atoms with Gasteiger partial charge in [-0.25, -0.2) is 9.97 Å². The fraction of sp³-hybridized carbons (Fsp3) is 0.100.